The molecule has 10 heteroatoms. The van der Waals surface area contributed by atoms with Gasteiger partial charge in [-0.05, 0) is 6.08 Å². The van der Waals surface area contributed by atoms with Gasteiger partial charge in [0.05, 0.1) is 12.9 Å². The van der Waals surface area contributed by atoms with Crippen LogP contribution in [0, 0.1) is 0 Å². The number of rotatable bonds is 4. The first-order valence-electron chi connectivity index (χ1n) is 6.39. The number of carboxylic acids is 1. The molecule has 23 heavy (non-hydrogen) atoms. The fourth-order valence-electron chi connectivity index (χ4n) is 2.09. The smallest absolute Gasteiger partial charge is 0.351 e. The summed E-state index contributed by atoms with van der Waals surface area (Å²) in [5.41, 5.74) is 4.13. The molecule has 0 spiro atoms. The molecule has 1 aliphatic heterocycles. The van der Waals surface area contributed by atoms with Crippen LogP contribution < -0.4 is 11.4 Å². The third-order valence-electron chi connectivity index (χ3n) is 3.21. The van der Waals surface area contributed by atoms with Gasteiger partial charge in [0.25, 0.3) is 0 Å². The van der Waals surface area contributed by atoms with Gasteiger partial charge in [0.1, 0.15) is 11.9 Å². The van der Waals surface area contributed by atoms with Crippen molar-refractivity contribution < 1.29 is 28.5 Å². The number of alkyl halides is 1. The Labute approximate surface area is 128 Å². The van der Waals surface area contributed by atoms with Crippen LogP contribution in [0.15, 0.2) is 29.0 Å². The summed E-state index contributed by atoms with van der Waals surface area (Å²) in [5.74, 6) is -1.50. The molecule has 1 aliphatic rings. The quantitative estimate of drug-likeness (QED) is 0.664. The van der Waals surface area contributed by atoms with E-state index in [1.165, 1.54) is 0 Å². The fraction of sp³-hybridized carbons (Fsp3) is 0.308. The molecule has 124 valence electrons. The highest BCUT2D eigenvalue weighted by atomic mass is 19.1. The van der Waals surface area contributed by atoms with Crippen molar-refractivity contribution in [2.45, 2.75) is 18.5 Å². The standard InChI is InChI=1S/C13H13F2N3O5/c14-3-7-10(15)8(5-19)23-12(7)18-4-6(1-2-9(20)21)11(16)17-13(18)22/h1-4,8,10,12,19H,5H2,(H,20,21)(H2,16,17,22)/b2-1+,7-3+. The summed E-state index contributed by atoms with van der Waals surface area (Å²) in [4.78, 5) is 25.9. The van der Waals surface area contributed by atoms with Crippen LogP contribution in [0.5, 0.6) is 0 Å². The highest BCUT2D eigenvalue weighted by Gasteiger charge is 2.41. The third-order valence-corrected chi connectivity index (χ3v) is 3.21. The van der Waals surface area contributed by atoms with Crippen molar-refractivity contribution in [2.75, 3.05) is 12.3 Å². The first-order valence-corrected chi connectivity index (χ1v) is 6.39. The van der Waals surface area contributed by atoms with Gasteiger partial charge < -0.3 is 20.7 Å². The van der Waals surface area contributed by atoms with Gasteiger partial charge in [0.15, 0.2) is 12.4 Å². The largest absolute Gasteiger partial charge is 0.478 e. The third kappa shape index (κ3) is 3.27. The molecule has 0 amide bonds. The molecular weight excluding hydrogens is 316 g/mol. The van der Waals surface area contributed by atoms with E-state index in [1.54, 1.807) is 0 Å². The number of carboxylic acid groups (broad SMARTS) is 1. The SMILES string of the molecule is Nc1nc(=O)n(C2OC(CO)C(F)/C2=C\F)cc1/C=C/C(=O)O. The van der Waals surface area contributed by atoms with Gasteiger partial charge in [-0.25, -0.2) is 18.4 Å². The molecule has 3 unspecified atom stereocenters. The number of aliphatic hydroxyl groups is 1. The second kappa shape index (κ2) is 6.67. The summed E-state index contributed by atoms with van der Waals surface area (Å²) >= 11 is 0. The van der Waals surface area contributed by atoms with E-state index in [4.69, 9.17) is 20.7 Å². The Balaban J connectivity index is 2.49. The van der Waals surface area contributed by atoms with Crippen LogP contribution in [0.2, 0.25) is 0 Å². The molecule has 0 aliphatic carbocycles. The van der Waals surface area contributed by atoms with Crippen LogP contribution in [0.3, 0.4) is 0 Å². The number of halogens is 2. The van der Waals surface area contributed by atoms with E-state index in [-0.39, 0.29) is 17.7 Å². The molecular formula is C13H13F2N3O5. The minimum Gasteiger partial charge on any atom is -0.478 e. The minimum absolute atomic E-state index is 0.0411. The van der Waals surface area contributed by atoms with E-state index in [0.717, 1.165) is 22.9 Å². The minimum atomic E-state index is -1.93. The van der Waals surface area contributed by atoms with Crippen molar-refractivity contribution in [3.8, 4) is 0 Å². The maximum Gasteiger partial charge on any atom is 0.351 e. The lowest BCUT2D eigenvalue weighted by Crippen LogP contribution is -2.29. The zero-order valence-corrected chi connectivity index (χ0v) is 11.6. The van der Waals surface area contributed by atoms with E-state index < -0.39 is 42.3 Å². The van der Waals surface area contributed by atoms with E-state index in [1.807, 2.05) is 0 Å². The summed E-state index contributed by atoms with van der Waals surface area (Å²) in [6, 6.07) is 0. The molecule has 1 saturated heterocycles. The lowest BCUT2D eigenvalue weighted by Gasteiger charge is -2.15. The highest BCUT2D eigenvalue weighted by molar-refractivity contribution is 5.86. The normalized spacial score (nSPS) is 26.2. The maximum absolute atomic E-state index is 13.9. The number of carbonyl (C=O) groups is 1. The molecule has 4 N–H and O–H groups in total. The topological polar surface area (TPSA) is 128 Å². The first-order chi connectivity index (χ1) is 10.9. The van der Waals surface area contributed by atoms with Crippen LogP contribution in [-0.2, 0) is 9.53 Å². The summed E-state index contributed by atoms with van der Waals surface area (Å²) in [5, 5.41) is 17.6. The monoisotopic (exact) mass is 329 g/mol. The number of nitrogen functional groups attached to an aromatic ring is 1. The maximum atomic E-state index is 13.9. The summed E-state index contributed by atoms with van der Waals surface area (Å²) in [6.45, 7) is -0.710. The van der Waals surface area contributed by atoms with Gasteiger partial charge in [0, 0.05) is 23.4 Å². The number of ether oxygens (including phenoxy) is 1. The molecule has 0 radical (unpaired) electrons. The van der Waals surface area contributed by atoms with E-state index >= 15 is 0 Å². The van der Waals surface area contributed by atoms with Crippen LogP contribution in [-0.4, -0.2) is 44.6 Å². The van der Waals surface area contributed by atoms with Gasteiger partial charge in [-0.3, -0.25) is 4.57 Å². The second-order valence-corrected chi connectivity index (χ2v) is 4.66. The average molecular weight is 329 g/mol. The van der Waals surface area contributed by atoms with Crippen molar-refractivity contribution in [3.63, 3.8) is 0 Å². The molecule has 0 bridgehead atoms. The predicted octanol–water partition coefficient (Wildman–Crippen LogP) is 0.00450. The lowest BCUT2D eigenvalue weighted by molar-refractivity contribution is -0.131. The number of nitrogens with two attached hydrogens (primary N) is 1. The van der Waals surface area contributed by atoms with Crippen molar-refractivity contribution in [1.29, 1.82) is 0 Å². The average Bonchev–Trinajstić information content (AvgIpc) is 2.82. The molecule has 0 saturated carbocycles. The van der Waals surface area contributed by atoms with Crippen LogP contribution in [0.1, 0.15) is 11.8 Å². The van der Waals surface area contributed by atoms with Crippen LogP contribution in [0.4, 0.5) is 14.6 Å². The number of hydrogen-bond donors (Lipinski definition) is 3. The highest BCUT2D eigenvalue weighted by Crippen LogP contribution is 2.35. The first kappa shape index (κ1) is 16.8. The van der Waals surface area contributed by atoms with Crippen molar-refractivity contribution in [1.82, 2.24) is 9.55 Å². The molecule has 1 aromatic rings. The number of aromatic nitrogens is 2. The number of hydrogen-bond acceptors (Lipinski definition) is 6. The van der Waals surface area contributed by atoms with Gasteiger partial charge in [0.2, 0.25) is 0 Å². The van der Waals surface area contributed by atoms with Gasteiger partial charge in [-0.1, -0.05) is 0 Å². The summed E-state index contributed by atoms with van der Waals surface area (Å²) in [6.07, 6.45) is -1.85. The fourth-order valence-corrected chi connectivity index (χ4v) is 2.09. The molecule has 2 heterocycles. The Kier molecular flexibility index (Phi) is 4.86. The van der Waals surface area contributed by atoms with E-state index in [2.05, 4.69) is 4.98 Å². The molecule has 0 aromatic carbocycles. The van der Waals surface area contributed by atoms with E-state index in [9.17, 15) is 18.4 Å². The molecule has 2 rings (SSSR count). The lowest BCUT2D eigenvalue weighted by atomic mass is 10.1. The Morgan fingerprint density at radius 3 is 2.83 bits per heavy atom. The summed E-state index contributed by atoms with van der Waals surface area (Å²) < 4.78 is 32.7. The van der Waals surface area contributed by atoms with Crippen molar-refractivity contribution >= 4 is 17.9 Å². The number of anilines is 1. The van der Waals surface area contributed by atoms with Gasteiger partial charge in [-0.2, -0.15) is 4.98 Å². The molecule has 1 aromatic heterocycles. The van der Waals surface area contributed by atoms with Crippen LogP contribution >= 0.6 is 0 Å². The Hall–Kier alpha value is -2.59. The van der Waals surface area contributed by atoms with Gasteiger partial charge in [-0.15, -0.1) is 0 Å². The zero-order valence-electron chi connectivity index (χ0n) is 11.6. The number of nitrogens with zero attached hydrogens (tertiary/aromatic N) is 2. The predicted molar refractivity (Wildman–Crippen MR) is 74.7 cm³/mol. The van der Waals surface area contributed by atoms with Gasteiger partial charge >= 0.3 is 11.7 Å². The Morgan fingerprint density at radius 1 is 1.57 bits per heavy atom. The molecule has 8 nitrogen and oxygen atoms in total. The Morgan fingerprint density at radius 2 is 2.26 bits per heavy atom. The molecule has 3 atom stereocenters. The Bertz CT molecular complexity index is 731. The number of aliphatic hydroxyl groups excluding tert-OH is 1. The number of aliphatic carboxylic acids is 1. The van der Waals surface area contributed by atoms with Crippen molar-refractivity contribution in [3.05, 3.63) is 40.2 Å². The zero-order chi connectivity index (χ0) is 17.1. The van der Waals surface area contributed by atoms with Crippen molar-refractivity contribution in [2.24, 2.45) is 0 Å². The summed E-state index contributed by atoms with van der Waals surface area (Å²) in [7, 11) is 0. The van der Waals surface area contributed by atoms with Crippen LogP contribution in [0.25, 0.3) is 6.08 Å². The second-order valence-electron chi connectivity index (χ2n) is 4.66. The molecule has 1 fully saturated rings. The van der Waals surface area contributed by atoms with E-state index in [0.29, 0.717) is 0 Å².